The number of methoxy groups -OCH3 is 2. The number of rotatable bonds is 6. The van der Waals surface area contributed by atoms with Crippen molar-refractivity contribution in [3.8, 4) is 22.8 Å². The summed E-state index contributed by atoms with van der Waals surface area (Å²) in [6, 6.07) is 12.2. The lowest BCUT2D eigenvalue weighted by Gasteiger charge is -2.10. The first kappa shape index (κ1) is 20.8. The summed E-state index contributed by atoms with van der Waals surface area (Å²) in [4.78, 5) is 5.46. The van der Waals surface area contributed by atoms with E-state index in [2.05, 4.69) is 4.99 Å². The van der Waals surface area contributed by atoms with Gasteiger partial charge < -0.3 is 9.47 Å². The molecule has 0 aliphatic carbocycles. The summed E-state index contributed by atoms with van der Waals surface area (Å²) < 4.78 is 25.9. The molecule has 3 rings (SSSR count). The van der Waals surface area contributed by atoms with Crippen molar-refractivity contribution in [2.24, 2.45) is 10.1 Å². The van der Waals surface area contributed by atoms with Gasteiger partial charge in [0.05, 0.1) is 25.6 Å². The van der Waals surface area contributed by atoms with Crippen LogP contribution in [0.1, 0.15) is 26.3 Å². The summed E-state index contributed by atoms with van der Waals surface area (Å²) in [5.74, 6) is 1.03. The van der Waals surface area contributed by atoms with Crippen molar-refractivity contribution in [3.05, 3.63) is 64.0 Å². The van der Waals surface area contributed by atoms with E-state index in [1.807, 2.05) is 49.0 Å². The Balaban J connectivity index is 2.13. The zero-order valence-corrected chi connectivity index (χ0v) is 18.0. The van der Waals surface area contributed by atoms with Crippen LogP contribution in [0.5, 0.6) is 11.5 Å². The lowest BCUT2D eigenvalue weighted by Crippen LogP contribution is -2.16. The average Bonchev–Trinajstić information content (AvgIpc) is 3.09. The molecule has 5 nitrogen and oxygen atoms in total. The van der Waals surface area contributed by atoms with Gasteiger partial charge >= 0.3 is 0 Å². The standard InChI is InChI=1S/C22H24FN3O2S/c1-14(2)24-22-26(19(13-29-22)16-6-9-18(23)10-7-16)25-15(3)17-8-11-20(27-4)21(12-17)28-5/h6-14H,1-5H3. The van der Waals surface area contributed by atoms with Gasteiger partial charge in [-0.1, -0.05) is 0 Å². The maximum atomic E-state index is 13.4. The molecule has 152 valence electrons. The summed E-state index contributed by atoms with van der Waals surface area (Å²) in [5, 5.41) is 6.82. The van der Waals surface area contributed by atoms with Crippen LogP contribution in [0, 0.1) is 5.82 Å². The number of hydrogen-bond acceptors (Lipinski definition) is 5. The maximum absolute atomic E-state index is 13.4. The van der Waals surface area contributed by atoms with Crippen LogP contribution in [0.15, 0.2) is 57.9 Å². The first-order chi connectivity index (χ1) is 13.9. The Labute approximate surface area is 173 Å². The lowest BCUT2D eigenvalue weighted by atomic mass is 10.1. The molecule has 0 fully saturated rings. The number of thiazole rings is 1. The van der Waals surface area contributed by atoms with Crippen molar-refractivity contribution in [3.63, 3.8) is 0 Å². The summed E-state index contributed by atoms with van der Waals surface area (Å²) >= 11 is 1.51. The molecule has 7 heteroatoms. The minimum atomic E-state index is -0.271. The molecule has 2 aromatic carbocycles. The largest absolute Gasteiger partial charge is 0.493 e. The van der Waals surface area contributed by atoms with Crippen LogP contribution >= 0.6 is 11.3 Å². The van der Waals surface area contributed by atoms with E-state index in [1.54, 1.807) is 26.4 Å². The molecule has 29 heavy (non-hydrogen) atoms. The van der Waals surface area contributed by atoms with Gasteiger partial charge in [0.1, 0.15) is 5.82 Å². The van der Waals surface area contributed by atoms with E-state index in [0.29, 0.717) is 11.5 Å². The van der Waals surface area contributed by atoms with Crippen LogP contribution in [0.4, 0.5) is 4.39 Å². The molecule has 3 aromatic rings. The quantitative estimate of drug-likeness (QED) is 0.537. The van der Waals surface area contributed by atoms with Crippen molar-refractivity contribution in [1.29, 1.82) is 0 Å². The van der Waals surface area contributed by atoms with E-state index in [1.165, 1.54) is 23.5 Å². The Morgan fingerprint density at radius 3 is 2.34 bits per heavy atom. The van der Waals surface area contributed by atoms with Gasteiger partial charge in [0, 0.05) is 22.5 Å². The summed E-state index contributed by atoms with van der Waals surface area (Å²) in [6.07, 6.45) is 0. The van der Waals surface area contributed by atoms with Crippen LogP contribution in [-0.4, -0.2) is 30.6 Å². The molecule has 1 heterocycles. The molecule has 0 saturated heterocycles. The zero-order chi connectivity index (χ0) is 21.0. The minimum Gasteiger partial charge on any atom is -0.493 e. The monoisotopic (exact) mass is 413 g/mol. The molecule has 0 radical (unpaired) electrons. The third-order valence-electron chi connectivity index (χ3n) is 4.25. The molecule has 0 spiro atoms. The van der Waals surface area contributed by atoms with Crippen LogP contribution in [0.2, 0.25) is 0 Å². The smallest absolute Gasteiger partial charge is 0.206 e. The molecular formula is C22H24FN3O2S. The highest BCUT2D eigenvalue weighted by Gasteiger charge is 2.11. The third-order valence-corrected chi connectivity index (χ3v) is 5.08. The highest BCUT2D eigenvalue weighted by Crippen LogP contribution is 2.28. The Morgan fingerprint density at radius 1 is 1.03 bits per heavy atom. The van der Waals surface area contributed by atoms with Crippen LogP contribution < -0.4 is 14.3 Å². The number of ether oxygens (including phenoxy) is 2. The molecule has 1 aromatic heterocycles. The Morgan fingerprint density at radius 2 is 1.72 bits per heavy atom. The van der Waals surface area contributed by atoms with Crippen molar-refractivity contribution in [2.45, 2.75) is 26.8 Å². The topological polar surface area (TPSA) is 48.1 Å². The van der Waals surface area contributed by atoms with Crippen molar-refractivity contribution >= 4 is 17.0 Å². The summed E-state index contributed by atoms with van der Waals surface area (Å²) in [7, 11) is 3.21. The number of hydrogen-bond donors (Lipinski definition) is 0. The Hall–Kier alpha value is -2.93. The maximum Gasteiger partial charge on any atom is 0.206 e. The van der Waals surface area contributed by atoms with E-state index in [-0.39, 0.29) is 11.9 Å². The fraction of sp³-hybridized carbons (Fsp3) is 0.273. The number of benzene rings is 2. The molecule has 0 unspecified atom stereocenters. The third kappa shape index (κ3) is 4.74. The van der Waals surface area contributed by atoms with Gasteiger partial charge in [-0.15, -0.1) is 11.3 Å². The van der Waals surface area contributed by atoms with Crippen molar-refractivity contribution in [2.75, 3.05) is 14.2 Å². The SMILES string of the molecule is COc1ccc(C(C)=Nn2c(-c3ccc(F)cc3)csc2=NC(C)C)cc1OC. The summed E-state index contributed by atoms with van der Waals surface area (Å²) in [6.45, 7) is 5.97. The predicted octanol–water partition coefficient (Wildman–Crippen LogP) is 4.95. The molecule has 0 aliphatic heterocycles. The van der Waals surface area contributed by atoms with Crippen LogP contribution in [0.3, 0.4) is 0 Å². The van der Waals surface area contributed by atoms with Crippen LogP contribution in [0.25, 0.3) is 11.3 Å². The molecule has 0 amide bonds. The molecule has 0 bridgehead atoms. The second kappa shape index (κ2) is 9.05. The fourth-order valence-corrected chi connectivity index (χ4v) is 3.76. The van der Waals surface area contributed by atoms with Gasteiger partial charge in [-0.05, 0) is 63.2 Å². The Bertz CT molecular complexity index is 1080. The zero-order valence-electron chi connectivity index (χ0n) is 17.1. The van der Waals surface area contributed by atoms with E-state index in [9.17, 15) is 4.39 Å². The number of aromatic nitrogens is 1. The van der Waals surface area contributed by atoms with Gasteiger partial charge in [-0.25, -0.2) is 9.07 Å². The molecule has 0 saturated carbocycles. The lowest BCUT2D eigenvalue weighted by molar-refractivity contribution is 0.355. The highest BCUT2D eigenvalue weighted by atomic mass is 32.1. The number of halogens is 1. The molecule has 0 N–H and O–H groups in total. The minimum absolute atomic E-state index is 0.123. The number of nitrogens with zero attached hydrogens (tertiary/aromatic N) is 3. The van der Waals surface area contributed by atoms with Gasteiger partial charge in [-0.2, -0.15) is 5.10 Å². The van der Waals surface area contributed by atoms with Gasteiger partial charge in [0.15, 0.2) is 11.5 Å². The average molecular weight is 414 g/mol. The first-order valence-corrected chi connectivity index (χ1v) is 10.1. The molecule has 0 aliphatic rings. The second-order valence-corrected chi connectivity index (χ2v) is 7.54. The second-order valence-electron chi connectivity index (χ2n) is 6.70. The molecule has 0 atom stereocenters. The van der Waals surface area contributed by atoms with Crippen molar-refractivity contribution in [1.82, 2.24) is 4.68 Å². The first-order valence-electron chi connectivity index (χ1n) is 9.21. The van der Waals surface area contributed by atoms with Gasteiger partial charge in [0.2, 0.25) is 4.80 Å². The van der Waals surface area contributed by atoms with Crippen LogP contribution in [-0.2, 0) is 0 Å². The Kier molecular flexibility index (Phi) is 6.49. The van der Waals surface area contributed by atoms with E-state index < -0.39 is 0 Å². The highest BCUT2D eigenvalue weighted by molar-refractivity contribution is 7.07. The summed E-state index contributed by atoms with van der Waals surface area (Å²) in [5.41, 5.74) is 3.42. The predicted molar refractivity (Wildman–Crippen MR) is 116 cm³/mol. The molecular weight excluding hydrogens is 389 g/mol. The van der Waals surface area contributed by atoms with E-state index in [0.717, 1.165) is 27.3 Å². The fourth-order valence-electron chi connectivity index (χ4n) is 2.79. The van der Waals surface area contributed by atoms with E-state index in [4.69, 9.17) is 14.6 Å². The van der Waals surface area contributed by atoms with Crippen molar-refractivity contribution < 1.29 is 13.9 Å². The normalized spacial score (nSPS) is 12.5. The van der Waals surface area contributed by atoms with E-state index >= 15 is 0 Å². The van der Waals surface area contributed by atoms with Gasteiger partial charge in [0.25, 0.3) is 0 Å². The van der Waals surface area contributed by atoms with Gasteiger partial charge in [-0.3, -0.25) is 4.99 Å².